The Labute approximate surface area is 314 Å². The molecule has 53 heavy (non-hydrogen) atoms. The smallest absolute Gasteiger partial charge is 0.407 e. The number of rotatable bonds is 19. The van der Waals surface area contributed by atoms with Crippen LogP contribution in [0.25, 0.3) is 0 Å². The van der Waals surface area contributed by atoms with Gasteiger partial charge in [0.1, 0.15) is 17.6 Å². The number of thiazole rings is 1. The number of hydrogen-bond acceptors (Lipinski definition) is 10. The number of carbonyl (C=O) groups excluding carboxylic acids is 2. The minimum absolute atomic E-state index is 0.00193. The van der Waals surface area contributed by atoms with Crippen LogP contribution in [-0.4, -0.2) is 112 Å². The van der Waals surface area contributed by atoms with Gasteiger partial charge >= 0.3 is 12.1 Å². The van der Waals surface area contributed by atoms with Crippen molar-refractivity contribution in [1.29, 1.82) is 0 Å². The first-order valence-electron chi connectivity index (χ1n) is 17.4. The lowest BCUT2D eigenvalue weighted by molar-refractivity contribution is -0.128. The SMILES string of the molecule is CC(C)CN(C[C@@H](O)[C@H](Cc1ccccc1)NC(=O)[C@H](C(C)C)N1CCN(Cc2csc(CN(C)C(=O)O)n2)C1=O)S(=O)(=O)c1ccc(CN=O)cc1. The maximum atomic E-state index is 14.2. The van der Waals surface area contributed by atoms with Crippen molar-refractivity contribution < 1.29 is 33.0 Å². The van der Waals surface area contributed by atoms with Crippen molar-refractivity contribution in [1.82, 2.24) is 29.3 Å². The molecule has 1 saturated heterocycles. The first-order valence-corrected chi connectivity index (χ1v) is 19.8. The van der Waals surface area contributed by atoms with Gasteiger partial charge in [0.25, 0.3) is 0 Å². The summed E-state index contributed by atoms with van der Waals surface area (Å²) in [5.41, 5.74) is 2.00. The van der Waals surface area contributed by atoms with E-state index >= 15 is 0 Å². The number of nitroso groups, excluding NO2 is 1. The van der Waals surface area contributed by atoms with E-state index in [0.717, 1.165) is 10.5 Å². The van der Waals surface area contributed by atoms with Gasteiger partial charge in [-0.1, -0.05) is 75.3 Å². The summed E-state index contributed by atoms with van der Waals surface area (Å²) in [6.45, 7) is 8.06. The molecule has 1 aromatic heterocycles. The molecular weight excluding hydrogens is 723 g/mol. The number of benzene rings is 2. The fraction of sp³-hybridized carbons (Fsp3) is 0.500. The minimum atomic E-state index is -4.09. The zero-order valence-electron chi connectivity index (χ0n) is 30.7. The lowest BCUT2D eigenvalue weighted by atomic mass is 9.97. The van der Waals surface area contributed by atoms with E-state index in [-0.39, 0.29) is 68.5 Å². The highest BCUT2D eigenvalue weighted by Gasteiger charge is 2.40. The van der Waals surface area contributed by atoms with Gasteiger partial charge in [-0.3, -0.25) is 4.79 Å². The monoisotopic (exact) mass is 771 g/mol. The Morgan fingerprint density at radius 3 is 2.30 bits per heavy atom. The fourth-order valence-corrected chi connectivity index (χ4v) is 8.65. The number of carboxylic acid groups (broad SMARTS) is 1. The summed E-state index contributed by atoms with van der Waals surface area (Å²) >= 11 is 1.31. The van der Waals surface area contributed by atoms with E-state index in [1.165, 1.54) is 51.9 Å². The molecule has 0 bridgehead atoms. The van der Waals surface area contributed by atoms with Gasteiger partial charge in [0.2, 0.25) is 15.9 Å². The van der Waals surface area contributed by atoms with Crippen molar-refractivity contribution in [3.05, 3.63) is 86.7 Å². The number of amides is 4. The largest absolute Gasteiger partial charge is 0.465 e. The predicted octanol–water partition coefficient (Wildman–Crippen LogP) is 4.22. The third-order valence-electron chi connectivity index (χ3n) is 8.87. The summed E-state index contributed by atoms with van der Waals surface area (Å²) in [6.07, 6.45) is -2.20. The average molecular weight is 772 g/mol. The van der Waals surface area contributed by atoms with Crippen LogP contribution in [0.3, 0.4) is 0 Å². The van der Waals surface area contributed by atoms with Gasteiger partial charge in [-0.05, 0) is 41.5 Å². The molecule has 1 aliphatic rings. The molecule has 15 nitrogen and oxygen atoms in total. The second kappa shape index (κ2) is 18.5. The number of aromatic nitrogens is 1. The molecule has 0 unspecified atom stereocenters. The summed E-state index contributed by atoms with van der Waals surface area (Å²) in [7, 11) is -2.64. The van der Waals surface area contributed by atoms with Crippen LogP contribution < -0.4 is 5.32 Å². The summed E-state index contributed by atoms with van der Waals surface area (Å²) in [5.74, 6) is -0.865. The Hall–Kier alpha value is -4.45. The van der Waals surface area contributed by atoms with Crippen LogP contribution in [-0.2, 0) is 40.9 Å². The summed E-state index contributed by atoms with van der Waals surface area (Å²) in [6, 6.07) is 13.0. The number of nitrogens with one attached hydrogen (secondary N) is 1. The van der Waals surface area contributed by atoms with E-state index < -0.39 is 40.2 Å². The third-order valence-corrected chi connectivity index (χ3v) is 11.6. The van der Waals surface area contributed by atoms with E-state index in [9.17, 15) is 37.9 Å². The van der Waals surface area contributed by atoms with Crippen LogP contribution >= 0.6 is 11.3 Å². The molecule has 2 aromatic carbocycles. The number of urea groups is 1. The van der Waals surface area contributed by atoms with Gasteiger partial charge in [-0.2, -0.15) is 9.21 Å². The fourth-order valence-electron chi connectivity index (χ4n) is 6.19. The average Bonchev–Trinajstić information content (AvgIpc) is 3.70. The molecule has 4 rings (SSSR count). The van der Waals surface area contributed by atoms with Gasteiger partial charge in [0.15, 0.2) is 0 Å². The lowest BCUT2D eigenvalue weighted by Gasteiger charge is -2.34. The molecule has 3 atom stereocenters. The molecule has 4 amide bonds. The molecule has 3 aromatic rings. The van der Waals surface area contributed by atoms with Crippen molar-refractivity contribution in [3.8, 4) is 0 Å². The second-order valence-corrected chi connectivity index (χ2v) is 16.9. The van der Waals surface area contributed by atoms with Gasteiger partial charge in [-0.25, -0.2) is 23.0 Å². The quantitative estimate of drug-likeness (QED) is 0.150. The summed E-state index contributed by atoms with van der Waals surface area (Å²) in [4.78, 5) is 58.5. The lowest BCUT2D eigenvalue weighted by Crippen LogP contribution is -2.57. The summed E-state index contributed by atoms with van der Waals surface area (Å²) < 4.78 is 29.0. The van der Waals surface area contributed by atoms with Crippen molar-refractivity contribution in [3.63, 3.8) is 0 Å². The van der Waals surface area contributed by atoms with Crippen LogP contribution in [0.2, 0.25) is 0 Å². The predicted molar refractivity (Wildman–Crippen MR) is 200 cm³/mol. The number of sulfonamides is 1. The number of aliphatic hydroxyl groups excluding tert-OH is 1. The molecule has 1 fully saturated rings. The Morgan fingerprint density at radius 1 is 1.02 bits per heavy atom. The Balaban J connectivity index is 1.53. The molecule has 0 saturated carbocycles. The van der Waals surface area contributed by atoms with Crippen LogP contribution in [0, 0.1) is 16.7 Å². The summed E-state index contributed by atoms with van der Waals surface area (Å²) in [5, 5.41) is 29.2. The van der Waals surface area contributed by atoms with Gasteiger partial charge in [0, 0.05) is 38.6 Å². The molecule has 0 spiro atoms. The van der Waals surface area contributed by atoms with E-state index in [1.54, 1.807) is 10.3 Å². The van der Waals surface area contributed by atoms with E-state index in [0.29, 0.717) is 22.8 Å². The molecule has 2 heterocycles. The maximum absolute atomic E-state index is 14.2. The maximum Gasteiger partial charge on any atom is 0.407 e. The van der Waals surface area contributed by atoms with Crippen LogP contribution in [0.1, 0.15) is 49.5 Å². The number of aliphatic hydroxyl groups is 1. The second-order valence-electron chi connectivity index (χ2n) is 14.0. The van der Waals surface area contributed by atoms with Crippen LogP contribution in [0.4, 0.5) is 9.59 Å². The molecule has 0 radical (unpaired) electrons. The first-order chi connectivity index (χ1) is 25.1. The topological polar surface area (TPSA) is 193 Å². The number of nitrogens with zero attached hydrogens (tertiary/aromatic N) is 6. The third kappa shape index (κ3) is 11.0. The highest BCUT2D eigenvalue weighted by Crippen LogP contribution is 2.24. The zero-order valence-corrected chi connectivity index (χ0v) is 32.3. The van der Waals surface area contributed by atoms with Gasteiger partial charge < -0.3 is 30.2 Å². The van der Waals surface area contributed by atoms with E-state index in [1.807, 2.05) is 58.0 Å². The molecule has 0 aliphatic carbocycles. The zero-order chi connectivity index (χ0) is 38.9. The van der Waals surface area contributed by atoms with Crippen molar-refractivity contribution in [2.45, 2.75) is 76.8 Å². The highest BCUT2D eigenvalue weighted by atomic mass is 32.2. The van der Waals surface area contributed by atoms with Crippen molar-refractivity contribution >= 4 is 39.4 Å². The molecule has 1 aliphatic heterocycles. The Morgan fingerprint density at radius 2 is 1.70 bits per heavy atom. The van der Waals surface area contributed by atoms with Crippen LogP contribution in [0.5, 0.6) is 0 Å². The van der Waals surface area contributed by atoms with Crippen molar-refractivity contribution in [2.75, 3.05) is 33.2 Å². The minimum Gasteiger partial charge on any atom is -0.465 e. The molecular formula is C36H49N7O8S2. The van der Waals surface area contributed by atoms with Crippen molar-refractivity contribution in [2.24, 2.45) is 17.0 Å². The Bertz CT molecular complexity index is 1810. The number of hydrogen-bond donors (Lipinski definition) is 3. The van der Waals surface area contributed by atoms with E-state index in [4.69, 9.17) is 0 Å². The highest BCUT2D eigenvalue weighted by molar-refractivity contribution is 7.89. The molecule has 17 heteroatoms. The van der Waals surface area contributed by atoms with E-state index in [2.05, 4.69) is 15.5 Å². The Kier molecular flexibility index (Phi) is 14.4. The molecule has 288 valence electrons. The van der Waals surface area contributed by atoms with Gasteiger partial charge in [-0.15, -0.1) is 11.3 Å². The van der Waals surface area contributed by atoms with Crippen LogP contribution in [0.15, 0.2) is 70.0 Å². The normalized spacial score (nSPS) is 15.2. The first kappa shape index (κ1) is 41.3. The molecule has 3 N–H and O–H groups in total. The number of carbonyl (C=O) groups is 3. The van der Waals surface area contributed by atoms with Gasteiger partial charge in [0.05, 0.1) is 35.8 Å². The standard InChI is InChI=1S/C36H49N7O8S2/c1-24(2)19-42(53(50,51)29-13-11-27(12-14-29)18-37-49)21-31(44)30(17-26-9-7-6-8-10-26)39-34(45)33(25(3)4)43-16-15-41(35(43)46)20-28-23-52-32(38-28)22-40(5)36(47)48/h6-14,23-25,30-31,33,44H,15-22H2,1-5H3,(H,39,45)(H,47,48)/t30-,31+,33-/m0/s1.